The Morgan fingerprint density at radius 3 is 2.32 bits per heavy atom. The van der Waals surface area contributed by atoms with Crippen molar-refractivity contribution in [3.05, 3.63) is 64.7 Å². The van der Waals surface area contributed by atoms with Gasteiger partial charge in [-0.05, 0) is 43.0 Å². The van der Waals surface area contributed by atoms with Crippen LogP contribution in [0.4, 0.5) is 0 Å². The van der Waals surface area contributed by atoms with E-state index in [9.17, 15) is 14.4 Å². The standard InChI is InChI=1S/C25H30ClN3O5/c1-33-16-13-27-24(31)22(28-23(30)18-7-3-5-9-20(18)26)17-11-14-29(15-12-17)25(32)19-8-4-6-10-21(19)34-2/h3-10,17,22H,11-16H2,1-2H3,(H,27,31)(H,28,30). The molecule has 8 nitrogen and oxygen atoms in total. The molecule has 1 saturated heterocycles. The molecular weight excluding hydrogens is 458 g/mol. The summed E-state index contributed by atoms with van der Waals surface area (Å²) in [5, 5.41) is 6.00. The summed E-state index contributed by atoms with van der Waals surface area (Å²) < 4.78 is 10.3. The number of carbonyl (C=O) groups is 3. The maximum atomic E-state index is 13.0. The number of rotatable bonds is 9. The lowest BCUT2D eigenvalue weighted by molar-refractivity contribution is -0.124. The van der Waals surface area contributed by atoms with Crippen LogP contribution >= 0.6 is 11.6 Å². The number of ether oxygens (including phenoxy) is 2. The normalized spacial score (nSPS) is 14.9. The monoisotopic (exact) mass is 487 g/mol. The lowest BCUT2D eigenvalue weighted by Crippen LogP contribution is -2.54. The Kier molecular flexibility index (Phi) is 9.30. The van der Waals surface area contributed by atoms with Crippen LogP contribution in [0.15, 0.2) is 48.5 Å². The lowest BCUT2D eigenvalue weighted by Gasteiger charge is -2.36. The molecule has 2 aromatic carbocycles. The maximum Gasteiger partial charge on any atom is 0.257 e. The predicted octanol–water partition coefficient (Wildman–Crippen LogP) is 2.76. The van der Waals surface area contributed by atoms with Crippen LogP contribution in [-0.2, 0) is 9.53 Å². The summed E-state index contributed by atoms with van der Waals surface area (Å²) in [4.78, 5) is 40.7. The number of piperidine rings is 1. The van der Waals surface area contributed by atoms with E-state index < -0.39 is 11.9 Å². The molecule has 1 aliphatic rings. The molecule has 1 atom stereocenters. The van der Waals surface area contributed by atoms with Crippen LogP contribution in [-0.4, -0.2) is 69.1 Å². The summed E-state index contributed by atoms with van der Waals surface area (Å²) >= 11 is 6.17. The number of hydrogen-bond donors (Lipinski definition) is 2. The summed E-state index contributed by atoms with van der Waals surface area (Å²) in [6.07, 6.45) is 1.12. The first-order chi connectivity index (χ1) is 16.5. The van der Waals surface area contributed by atoms with Crippen LogP contribution in [0.25, 0.3) is 0 Å². The molecule has 2 aromatic rings. The van der Waals surface area contributed by atoms with Crippen molar-refractivity contribution in [2.24, 2.45) is 5.92 Å². The first kappa shape index (κ1) is 25.5. The third kappa shape index (κ3) is 6.27. The number of likely N-dealkylation sites (tertiary alicyclic amines) is 1. The minimum absolute atomic E-state index is 0.114. The highest BCUT2D eigenvalue weighted by atomic mass is 35.5. The molecule has 1 fully saturated rings. The molecule has 0 aromatic heterocycles. The molecule has 0 aliphatic carbocycles. The van der Waals surface area contributed by atoms with Crippen LogP contribution in [0.3, 0.4) is 0 Å². The second-order valence-corrected chi connectivity index (χ2v) is 8.45. The number of amides is 3. The van der Waals surface area contributed by atoms with Gasteiger partial charge >= 0.3 is 0 Å². The molecule has 9 heteroatoms. The van der Waals surface area contributed by atoms with Gasteiger partial charge in [0, 0.05) is 26.7 Å². The number of benzene rings is 2. The number of halogens is 1. The smallest absolute Gasteiger partial charge is 0.257 e. The summed E-state index contributed by atoms with van der Waals surface area (Å²) in [5.74, 6) is -0.429. The van der Waals surface area contributed by atoms with Crippen molar-refractivity contribution >= 4 is 29.3 Å². The molecule has 34 heavy (non-hydrogen) atoms. The van der Waals surface area contributed by atoms with Gasteiger partial charge < -0.3 is 25.0 Å². The van der Waals surface area contributed by atoms with Gasteiger partial charge in [0.05, 0.1) is 29.9 Å². The van der Waals surface area contributed by atoms with E-state index in [2.05, 4.69) is 10.6 Å². The topological polar surface area (TPSA) is 97.0 Å². The molecule has 0 bridgehead atoms. The summed E-state index contributed by atoms with van der Waals surface area (Å²) in [6, 6.07) is 13.1. The molecule has 1 heterocycles. The van der Waals surface area contributed by atoms with Crippen LogP contribution in [0.1, 0.15) is 33.6 Å². The molecule has 1 aliphatic heterocycles. The molecule has 1 unspecified atom stereocenters. The largest absolute Gasteiger partial charge is 0.496 e. The predicted molar refractivity (Wildman–Crippen MR) is 129 cm³/mol. The molecule has 182 valence electrons. The number of nitrogens with zero attached hydrogens (tertiary/aromatic N) is 1. The fourth-order valence-corrected chi connectivity index (χ4v) is 4.30. The summed E-state index contributed by atoms with van der Waals surface area (Å²) in [7, 11) is 3.09. The number of hydrogen-bond acceptors (Lipinski definition) is 5. The number of para-hydroxylation sites is 1. The second kappa shape index (κ2) is 12.4. The van der Waals surface area contributed by atoms with Gasteiger partial charge in [0.25, 0.3) is 11.8 Å². The van der Waals surface area contributed by atoms with Gasteiger partial charge in [0.15, 0.2) is 0 Å². The Bertz CT molecular complexity index is 1010. The molecule has 2 N–H and O–H groups in total. The first-order valence-corrected chi connectivity index (χ1v) is 11.6. The van der Waals surface area contributed by atoms with Gasteiger partial charge in [-0.15, -0.1) is 0 Å². The number of carbonyl (C=O) groups excluding carboxylic acids is 3. The highest BCUT2D eigenvalue weighted by Gasteiger charge is 2.34. The molecule has 3 amide bonds. The van der Waals surface area contributed by atoms with E-state index in [1.807, 2.05) is 6.07 Å². The maximum absolute atomic E-state index is 13.0. The Balaban J connectivity index is 1.70. The minimum Gasteiger partial charge on any atom is -0.496 e. The van der Waals surface area contributed by atoms with Crippen LogP contribution in [0.2, 0.25) is 5.02 Å². The van der Waals surface area contributed by atoms with Crippen molar-refractivity contribution in [2.45, 2.75) is 18.9 Å². The molecular formula is C25H30ClN3O5. The average Bonchev–Trinajstić information content (AvgIpc) is 2.87. The van der Waals surface area contributed by atoms with E-state index in [1.165, 1.54) is 7.11 Å². The molecule has 0 radical (unpaired) electrons. The van der Waals surface area contributed by atoms with E-state index in [0.717, 1.165) is 0 Å². The van der Waals surface area contributed by atoms with E-state index in [4.69, 9.17) is 21.1 Å². The summed E-state index contributed by atoms with van der Waals surface area (Å²) in [6.45, 7) is 1.62. The number of methoxy groups -OCH3 is 2. The van der Waals surface area contributed by atoms with Crippen LogP contribution in [0, 0.1) is 5.92 Å². The molecule has 3 rings (SSSR count). The Hall–Kier alpha value is -3.10. The zero-order chi connectivity index (χ0) is 24.5. The molecule has 0 saturated carbocycles. The van der Waals surface area contributed by atoms with Gasteiger partial charge in [0.1, 0.15) is 11.8 Å². The zero-order valence-electron chi connectivity index (χ0n) is 19.4. The minimum atomic E-state index is -0.760. The van der Waals surface area contributed by atoms with Crippen LogP contribution in [0.5, 0.6) is 5.75 Å². The Labute approximate surface area is 204 Å². The van der Waals surface area contributed by atoms with E-state index >= 15 is 0 Å². The fourth-order valence-electron chi connectivity index (χ4n) is 4.08. The third-order valence-electron chi connectivity index (χ3n) is 5.93. The average molecular weight is 488 g/mol. The van der Waals surface area contributed by atoms with E-state index in [1.54, 1.807) is 54.5 Å². The lowest BCUT2D eigenvalue weighted by atomic mass is 9.88. The van der Waals surface area contributed by atoms with Crippen molar-refractivity contribution in [2.75, 3.05) is 40.5 Å². The van der Waals surface area contributed by atoms with Crippen molar-refractivity contribution in [1.82, 2.24) is 15.5 Å². The zero-order valence-corrected chi connectivity index (χ0v) is 20.1. The van der Waals surface area contributed by atoms with Gasteiger partial charge in [-0.3, -0.25) is 14.4 Å². The highest BCUT2D eigenvalue weighted by molar-refractivity contribution is 6.33. The van der Waals surface area contributed by atoms with Gasteiger partial charge in [0.2, 0.25) is 5.91 Å². The number of nitrogens with one attached hydrogen (secondary N) is 2. The second-order valence-electron chi connectivity index (χ2n) is 8.04. The van der Waals surface area contributed by atoms with Crippen LogP contribution < -0.4 is 15.4 Å². The van der Waals surface area contributed by atoms with Crippen molar-refractivity contribution in [3.63, 3.8) is 0 Å². The fraction of sp³-hybridized carbons (Fsp3) is 0.400. The Morgan fingerprint density at radius 1 is 1.03 bits per heavy atom. The van der Waals surface area contributed by atoms with Crippen molar-refractivity contribution in [1.29, 1.82) is 0 Å². The Morgan fingerprint density at radius 2 is 1.68 bits per heavy atom. The first-order valence-electron chi connectivity index (χ1n) is 11.2. The SMILES string of the molecule is COCCNC(=O)C(NC(=O)c1ccccc1Cl)C1CCN(C(=O)c2ccccc2OC)CC1. The van der Waals surface area contributed by atoms with Gasteiger partial charge in [-0.2, -0.15) is 0 Å². The third-order valence-corrected chi connectivity index (χ3v) is 6.26. The molecule has 0 spiro atoms. The van der Waals surface area contributed by atoms with Gasteiger partial charge in [-0.1, -0.05) is 35.9 Å². The van der Waals surface area contributed by atoms with E-state index in [-0.39, 0.29) is 17.7 Å². The quantitative estimate of drug-likeness (QED) is 0.530. The highest BCUT2D eigenvalue weighted by Crippen LogP contribution is 2.26. The van der Waals surface area contributed by atoms with Gasteiger partial charge in [-0.25, -0.2) is 0 Å². The van der Waals surface area contributed by atoms with Crippen molar-refractivity contribution in [3.8, 4) is 5.75 Å². The van der Waals surface area contributed by atoms with Crippen molar-refractivity contribution < 1.29 is 23.9 Å². The van der Waals surface area contributed by atoms with E-state index in [0.29, 0.717) is 61.0 Å². The summed E-state index contributed by atoms with van der Waals surface area (Å²) in [5.41, 5.74) is 0.812.